The Morgan fingerprint density at radius 1 is 0.950 bits per heavy atom. The number of carbonyl (C=O) groups is 1. The topological polar surface area (TPSA) is 117 Å². The molecule has 1 aromatic heterocycles. The molecular weight excluding hydrogens is 508 g/mol. The van der Waals surface area contributed by atoms with Crippen molar-refractivity contribution in [1.29, 1.82) is 0 Å². The number of nitrogens with zero attached hydrogens (tertiary/aromatic N) is 5. The monoisotopic (exact) mass is 546 g/mol. The molecule has 2 aliphatic heterocycles. The molecule has 1 amide bonds. The second-order valence-electron chi connectivity index (χ2n) is 11.3. The number of hydrogen-bond donors (Lipinski definition) is 2. The summed E-state index contributed by atoms with van der Waals surface area (Å²) in [5.74, 6) is 0.822. The molecule has 3 aromatic rings. The molecule has 2 aliphatic rings. The Kier molecular flexibility index (Phi) is 7.86. The minimum Gasteiger partial charge on any atom is -0.507 e. The number of piperidine rings is 1. The molecule has 3 heterocycles. The van der Waals surface area contributed by atoms with Crippen LogP contribution in [0.4, 0.5) is 22.0 Å². The number of hydrogen-bond acceptors (Lipinski definition) is 9. The first-order valence-electron chi connectivity index (χ1n) is 13.8. The van der Waals surface area contributed by atoms with Crippen molar-refractivity contribution in [2.24, 2.45) is 0 Å². The summed E-state index contributed by atoms with van der Waals surface area (Å²) in [5.41, 5.74) is 8.98. The second-order valence-corrected chi connectivity index (χ2v) is 11.3. The summed E-state index contributed by atoms with van der Waals surface area (Å²) in [7, 11) is 0. The van der Waals surface area contributed by atoms with Gasteiger partial charge in [-0.3, -0.25) is 0 Å². The Hall–Kier alpha value is -4.21. The Morgan fingerprint density at radius 2 is 1.68 bits per heavy atom. The molecule has 10 heteroatoms. The molecule has 10 nitrogen and oxygen atoms in total. The number of piperazine rings is 1. The summed E-state index contributed by atoms with van der Waals surface area (Å²) in [5, 5.41) is 18.5. The van der Waals surface area contributed by atoms with Crippen LogP contribution >= 0.6 is 0 Å². The van der Waals surface area contributed by atoms with Gasteiger partial charge >= 0.3 is 6.09 Å². The molecule has 0 radical (unpaired) electrons. The van der Waals surface area contributed by atoms with Gasteiger partial charge in [0.2, 0.25) is 0 Å². The van der Waals surface area contributed by atoms with E-state index < -0.39 is 5.60 Å². The molecule has 2 saturated heterocycles. The lowest BCUT2D eigenvalue weighted by Crippen LogP contribution is -2.50. The van der Waals surface area contributed by atoms with Crippen molar-refractivity contribution < 1.29 is 19.4 Å². The van der Waals surface area contributed by atoms with Crippen LogP contribution in [0.15, 0.2) is 54.6 Å². The van der Waals surface area contributed by atoms with E-state index in [1.54, 1.807) is 29.2 Å². The number of anilines is 3. The number of phenolic OH excluding ortho intramolecular Hbond substituents is 1. The number of rotatable bonds is 5. The Morgan fingerprint density at radius 3 is 2.40 bits per heavy atom. The third kappa shape index (κ3) is 6.50. The molecule has 2 aromatic carbocycles. The Bertz CT molecular complexity index is 1340. The summed E-state index contributed by atoms with van der Waals surface area (Å²) in [6, 6.07) is 17.3. The average molecular weight is 547 g/mol. The van der Waals surface area contributed by atoms with E-state index in [0.29, 0.717) is 36.6 Å². The number of carbonyl (C=O) groups excluding carboxylic acids is 1. The van der Waals surface area contributed by atoms with Crippen LogP contribution in [0.1, 0.15) is 33.6 Å². The quantitative estimate of drug-likeness (QED) is 0.476. The number of benzene rings is 2. The lowest BCUT2D eigenvalue weighted by atomic mass is 10.1. The van der Waals surface area contributed by atoms with E-state index in [4.69, 9.17) is 15.2 Å². The predicted octanol–water partition coefficient (Wildman–Crippen LogP) is 4.54. The molecule has 3 N–H and O–H groups in total. The van der Waals surface area contributed by atoms with Crippen molar-refractivity contribution in [2.75, 3.05) is 54.8 Å². The summed E-state index contributed by atoms with van der Waals surface area (Å²) in [6.45, 7) is 10.1. The standard InChI is InChI=1S/C30H38N6O4/c1-30(2,3)40-29(38)35-16-14-34(15-17-35)21-8-6-9-22(18-21)36-13-7-10-23(20-36)39-27-19-25(32-33-28(27)31)24-11-4-5-12-26(24)37/h4-6,8-9,11-12,18-19,23,37H,7,10,13-17,20H2,1-3H3,(H2,31,33). The lowest BCUT2D eigenvalue weighted by Gasteiger charge is -2.38. The molecule has 0 saturated carbocycles. The fourth-order valence-corrected chi connectivity index (χ4v) is 5.11. The maximum atomic E-state index is 12.4. The van der Waals surface area contributed by atoms with Crippen molar-refractivity contribution in [3.63, 3.8) is 0 Å². The minimum atomic E-state index is -0.495. The van der Waals surface area contributed by atoms with Gasteiger partial charge in [-0.1, -0.05) is 18.2 Å². The van der Waals surface area contributed by atoms with Gasteiger partial charge in [0.1, 0.15) is 23.1 Å². The van der Waals surface area contributed by atoms with Crippen LogP contribution in [-0.4, -0.2) is 77.3 Å². The highest BCUT2D eigenvalue weighted by Gasteiger charge is 2.27. The summed E-state index contributed by atoms with van der Waals surface area (Å²) in [6.07, 6.45) is 1.56. The zero-order valence-electron chi connectivity index (χ0n) is 23.4. The molecule has 2 fully saturated rings. The van der Waals surface area contributed by atoms with Crippen LogP contribution in [0.2, 0.25) is 0 Å². The zero-order chi connectivity index (χ0) is 28.3. The van der Waals surface area contributed by atoms with E-state index in [2.05, 4.69) is 44.3 Å². The van der Waals surface area contributed by atoms with Crippen molar-refractivity contribution in [3.8, 4) is 22.8 Å². The van der Waals surface area contributed by atoms with E-state index in [1.165, 1.54) is 0 Å². The highest BCUT2D eigenvalue weighted by molar-refractivity contribution is 5.70. The SMILES string of the molecule is CC(C)(C)OC(=O)N1CCN(c2cccc(N3CCCC(Oc4cc(-c5ccccc5O)nnc4N)C3)c2)CC1. The van der Waals surface area contributed by atoms with Crippen LogP contribution in [0, 0.1) is 0 Å². The van der Waals surface area contributed by atoms with Gasteiger partial charge in [-0.2, -0.15) is 0 Å². The van der Waals surface area contributed by atoms with Gasteiger partial charge in [-0.15, -0.1) is 10.2 Å². The molecule has 0 spiro atoms. The predicted molar refractivity (Wildman–Crippen MR) is 156 cm³/mol. The fraction of sp³-hybridized carbons (Fsp3) is 0.433. The zero-order valence-corrected chi connectivity index (χ0v) is 23.4. The normalized spacial score (nSPS) is 18.0. The van der Waals surface area contributed by atoms with Crippen molar-refractivity contribution >= 4 is 23.3 Å². The lowest BCUT2D eigenvalue weighted by molar-refractivity contribution is 0.0240. The maximum absolute atomic E-state index is 12.4. The first kappa shape index (κ1) is 27.4. The molecule has 1 unspecified atom stereocenters. The van der Waals surface area contributed by atoms with Crippen molar-refractivity contribution in [1.82, 2.24) is 15.1 Å². The minimum absolute atomic E-state index is 0.0708. The highest BCUT2D eigenvalue weighted by atomic mass is 16.6. The van der Waals surface area contributed by atoms with Crippen LogP contribution in [-0.2, 0) is 4.74 Å². The molecule has 40 heavy (non-hydrogen) atoms. The first-order chi connectivity index (χ1) is 19.2. The van der Waals surface area contributed by atoms with Crippen LogP contribution in [0.25, 0.3) is 11.3 Å². The van der Waals surface area contributed by atoms with E-state index >= 15 is 0 Å². The third-order valence-corrected chi connectivity index (χ3v) is 7.13. The van der Waals surface area contributed by atoms with Gasteiger partial charge in [0.25, 0.3) is 0 Å². The first-order valence-corrected chi connectivity index (χ1v) is 13.8. The highest BCUT2D eigenvalue weighted by Crippen LogP contribution is 2.33. The van der Waals surface area contributed by atoms with E-state index in [9.17, 15) is 9.90 Å². The van der Waals surface area contributed by atoms with Gasteiger partial charge in [0.05, 0.1) is 6.54 Å². The number of para-hydroxylation sites is 1. The summed E-state index contributed by atoms with van der Waals surface area (Å²) < 4.78 is 11.9. The second kappa shape index (κ2) is 11.5. The van der Waals surface area contributed by atoms with Crippen molar-refractivity contribution in [2.45, 2.75) is 45.3 Å². The number of aromatic hydroxyl groups is 1. The number of phenols is 1. The van der Waals surface area contributed by atoms with Gasteiger partial charge in [0.15, 0.2) is 11.6 Å². The maximum Gasteiger partial charge on any atom is 0.410 e. The fourth-order valence-electron chi connectivity index (χ4n) is 5.11. The van der Waals surface area contributed by atoms with Gasteiger partial charge < -0.3 is 35.0 Å². The number of amides is 1. The van der Waals surface area contributed by atoms with Crippen LogP contribution in [0.5, 0.6) is 11.5 Å². The van der Waals surface area contributed by atoms with Crippen LogP contribution < -0.4 is 20.3 Å². The number of nitrogen functional groups attached to an aromatic ring is 1. The molecule has 1 atom stereocenters. The van der Waals surface area contributed by atoms with Gasteiger partial charge in [-0.05, 0) is 63.9 Å². The molecule has 212 valence electrons. The number of nitrogens with two attached hydrogens (primary N) is 1. The third-order valence-electron chi connectivity index (χ3n) is 7.13. The Labute approximate surface area is 235 Å². The van der Waals surface area contributed by atoms with E-state index in [-0.39, 0.29) is 23.8 Å². The summed E-state index contributed by atoms with van der Waals surface area (Å²) >= 11 is 0. The molecule has 0 aliphatic carbocycles. The Balaban J connectivity index is 1.23. The smallest absolute Gasteiger partial charge is 0.410 e. The van der Waals surface area contributed by atoms with Gasteiger partial charge in [0, 0.05) is 55.7 Å². The largest absolute Gasteiger partial charge is 0.507 e. The molecule has 5 rings (SSSR count). The molecular formula is C30H38N6O4. The van der Waals surface area contributed by atoms with E-state index in [1.807, 2.05) is 26.8 Å². The van der Waals surface area contributed by atoms with Crippen molar-refractivity contribution in [3.05, 3.63) is 54.6 Å². The average Bonchev–Trinajstić information content (AvgIpc) is 2.94. The van der Waals surface area contributed by atoms with Gasteiger partial charge in [-0.25, -0.2) is 4.79 Å². The molecule has 0 bridgehead atoms. The number of ether oxygens (including phenoxy) is 2. The number of aromatic nitrogens is 2. The van der Waals surface area contributed by atoms with Crippen LogP contribution in [0.3, 0.4) is 0 Å². The van der Waals surface area contributed by atoms with E-state index in [0.717, 1.165) is 43.9 Å². The summed E-state index contributed by atoms with van der Waals surface area (Å²) in [4.78, 5) is 18.9.